The van der Waals surface area contributed by atoms with Gasteiger partial charge in [0, 0.05) is 40.6 Å². The molecule has 2 aliphatic heterocycles. The number of rotatable bonds is 4. The number of aliphatic hydroxyl groups excluding tert-OH is 1. The Labute approximate surface area is 161 Å². The molecule has 0 saturated carbocycles. The molecule has 0 aromatic carbocycles. The Kier molecular flexibility index (Phi) is 4.27. The highest BCUT2D eigenvalue weighted by atomic mass is 32.1. The van der Waals surface area contributed by atoms with Crippen LogP contribution in [0.5, 0.6) is 0 Å². The lowest BCUT2D eigenvalue weighted by molar-refractivity contribution is -0.925. The van der Waals surface area contributed by atoms with Gasteiger partial charge in [0.2, 0.25) is 0 Å². The average molecular weight is 383 g/mol. The molecule has 1 unspecified atom stereocenters. The Morgan fingerprint density at radius 1 is 1.19 bits per heavy atom. The van der Waals surface area contributed by atoms with E-state index in [9.17, 15) is 9.90 Å². The van der Waals surface area contributed by atoms with Crippen molar-refractivity contribution in [1.29, 1.82) is 0 Å². The van der Waals surface area contributed by atoms with Crippen molar-refractivity contribution in [2.75, 3.05) is 13.1 Å². The fourth-order valence-corrected chi connectivity index (χ4v) is 5.63. The third-order valence-electron chi connectivity index (χ3n) is 5.87. The predicted molar refractivity (Wildman–Crippen MR) is 104 cm³/mol. The van der Waals surface area contributed by atoms with Gasteiger partial charge in [0.15, 0.2) is 5.76 Å². The average Bonchev–Trinajstić information content (AvgIpc) is 3.34. The third kappa shape index (κ3) is 3.08. The van der Waals surface area contributed by atoms with Crippen LogP contribution in [0.4, 0.5) is 0 Å². The molecule has 5 heterocycles. The number of piperidine rings is 1. The molecule has 3 atom stereocenters. The second kappa shape index (κ2) is 6.78. The zero-order valence-corrected chi connectivity index (χ0v) is 15.9. The second-order valence-corrected chi connectivity index (χ2v) is 8.67. The summed E-state index contributed by atoms with van der Waals surface area (Å²) in [5, 5.41) is 11.3. The van der Waals surface area contributed by atoms with Crippen LogP contribution in [0.2, 0.25) is 0 Å². The third-order valence-corrected chi connectivity index (χ3v) is 6.77. The van der Waals surface area contributed by atoms with Gasteiger partial charge in [0.25, 0.3) is 5.56 Å². The van der Waals surface area contributed by atoms with E-state index in [1.54, 1.807) is 17.4 Å². The summed E-state index contributed by atoms with van der Waals surface area (Å²) in [5.74, 6) is 2.47. The molecule has 5 rings (SSSR count). The molecule has 2 N–H and O–H groups in total. The maximum atomic E-state index is 12.5. The number of hydrogen-bond donors (Lipinski definition) is 2. The van der Waals surface area contributed by atoms with Crippen LogP contribution >= 0.6 is 11.3 Å². The summed E-state index contributed by atoms with van der Waals surface area (Å²) in [6.45, 7) is 3.65. The molecular formula is C21H23N2O3S+. The fraction of sp³-hybridized carbons (Fsp3) is 0.381. The quantitative estimate of drug-likeness (QED) is 0.723. The summed E-state index contributed by atoms with van der Waals surface area (Å²) >= 11 is 1.73. The first-order valence-electron chi connectivity index (χ1n) is 9.51. The largest absolute Gasteiger partial charge is 0.458 e. The van der Waals surface area contributed by atoms with Gasteiger partial charge in [-0.05, 0) is 36.1 Å². The van der Waals surface area contributed by atoms with Crippen LogP contribution < -0.4 is 10.5 Å². The minimum atomic E-state index is -0.0545. The van der Waals surface area contributed by atoms with Crippen molar-refractivity contribution in [3.63, 3.8) is 0 Å². The van der Waals surface area contributed by atoms with E-state index in [2.05, 4.69) is 17.5 Å². The van der Waals surface area contributed by atoms with Crippen molar-refractivity contribution in [2.24, 2.45) is 5.92 Å². The minimum absolute atomic E-state index is 0.0545. The number of aliphatic hydroxyl groups is 1. The van der Waals surface area contributed by atoms with E-state index < -0.39 is 0 Å². The molecule has 2 aliphatic rings. The molecule has 0 aliphatic carbocycles. The highest BCUT2D eigenvalue weighted by Gasteiger charge is 2.39. The van der Waals surface area contributed by atoms with Crippen LogP contribution in [0.25, 0.3) is 10.4 Å². The lowest BCUT2D eigenvalue weighted by Crippen LogP contribution is -3.13. The van der Waals surface area contributed by atoms with Crippen LogP contribution in [0, 0.1) is 5.92 Å². The van der Waals surface area contributed by atoms with E-state index in [1.807, 2.05) is 22.8 Å². The summed E-state index contributed by atoms with van der Waals surface area (Å²) in [7, 11) is 0. The van der Waals surface area contributed by atoms with Crippen LogP contribution in [0.15, 0.2) is 51.0 Å². The summed E-state index contributed by atoms with van der Waals surface area (Å²) in [6, 6.07) is 11.8. The van der Waals surface area contributed by atoms with Gasteiger partial charge in [-0.3, -0.25) is 4.79 Å². The zero-order valence-electron chi connectivity index (χ0n) is 15.1. The summed E-state index contributed by atoms with van der Waals surface area (Å²) in [4.78, 5) is 15.3. The first-order chi connectivity index (χ1) is 13.2. The highest BCUT2D eigenvalue weighted by molar-refractivity contribution is 7.13. The molecular weight excluding hydrogens is 360 g/mol. The van der Waals surface area contributed by atoms with Crippen molar-refractivity contribution in [3.8, 4) is 10.4 Å². The van der Waals surface area contributed by atoms with E-state index in [4.69, 9.17) is 4.42 Å². The molecule has 140 valence electrons. The minimum Gasteiger partial charge on any atom is -0.458 e. The van der Waals surface area contributed by atoms with Gasteiger partial charge in [-0.2, -0.15) is 0 Å². The van der Waals surface area contributed by atoms with Gasteiger partial charge in [-0.25, -0.2) is 0 Å². The van der Waals surface area contributed by atoms with Crippen LogP contribution in [0.3, 0.4) is 0 Å². The Balaban J connectivity index is 1.47. The molecule has 0 spiro atoms. The predicted octanol–water partition coefficient (Wildman–Crippen LogP) is 1.86. The molecule has 2 bridgehead atoms. The van der Waals surface area contributed by atoms with E-state index in [0.29, 0.717) is 17.6 Å². The van der Waals surface area contributed by atoms with Crippen molar-refractivity contribution in [3.05, 3.63) is 69.3 Å². The normalized spacial score (nSPS) is 24.0. The van der Waals surface area contributed by atoms with E-state index >= 15 is 0 Å². The molecule has 5 nitrogen and oxygen atoms in total. The lowest BCUT2D eigenvalue weighted by Gasteiger charge is -2.41. The second-order valence-electron chi connectivity index (χ2n) is 7.72. The first-order valence-corrected chi connectivity index (χ1v) is 10.4. The van der Waals surface area contributed by atoms with Gasteiger partial charge in [-0.15, -0.1) is 11.3 Å². The number of fused-ring (bicyclic) bond motifs is 4. The Hall–Kier alpha value is -2.15. The molecule has 1 fully saturated rings. The number of nitrogens with zero attached hydrogens (tertiary/aromatic N) is 1. The van der Waals surface area contributed by atoms with Crippen LogP contribution in [0.1, 0.15) is 29.6 Å². The molecule has 6 heteroatoms. The molecule has 27 heavy (non-hydrogen) atoms. The number of thiophene rings is 1. The van der Waals surface area contributed by atoms with E-state index in [1.165, 1.54) is 21.0 Å². The monoisotopic (exact) mass is 383 g/mol. The molecule has 1 saturated heterocycles. The van der Waals surface area contributed by atoms with Crippen molar-refractivity contribution < 1.29 is 14.4 Å². The van der Waals surface area contributed by atoms with Crippen molar-refractivity contribution >= 4 is 11.3 Å². The van der Waals surface area contributed by atoms with E-state index in [-0.39, 0.29) is 12.2 Å². The van der Waals surface area contributed by atoms with Gasteiger partial charge < -0.3 is 19.0 Å². The van der Waals surface area contributed by atoms with Gasteiger partial charge in [-0.1, -0.05) is 6.07 Å². The summed E-state index contributed by atoms with van der Waals surface area (Å²) in [5.41, 5.74) is 2.56. The number of pyridine rings is 1. The molecule has 3 aromatic rings. The van der Waals surface area contributed by atoms with Gasteiger partial charge in [0.05, 0.1) is 13.1 Å². The maximum absolute atomic E-state index is 12.5. The fourth-order valence-electron chi connectivity index (χ4n) is 4.87. The smallest absolute Gasteiger partial charge is 0.250 e. The number of likely N-dealkylation sites (tertiary alicyclic amines) is 1. The SMILES string of the molecule is O=c1ccc(-c2cccs2)c2n1C[C@H]1C[C@@H]2C[NH+](Cc2ccc(CO)o2)C1. The van der Waals surface area contributed by atoms with E-state index in [0.717, 1.165) is 38.4 Å². The first kappa shape index (κ1) is 17.0. The van der Waals surface area contributed by atoms with Crippen molar-refractivity contribution in [2.45, 2.75) is 32.0 Å². The maximum Gasteiger partial charge on any atom is 0.250 e. The standard InChI is InChI=1S/C21H22N2O3S/c24-13-17-4-3-16(26-17)12-22-9-14-8-15(11-22)21-18(19-2-1-7-27-19)5-6-20(25)23(21)10-14/h1-7,14-15,24H,8-13H2/p+1/t14-,15+/m0/s1. The van der Waals surface area contributed by atoms with Crippen LogP contribution in [-0.2, 0) is 19.7 Å². The number of hydrogen-bond acceptors (Lipinski definition) is 4. The topological polar surface area (TPSA) is 59.8 Å². The molecule has 0 amide bonds. The van der Waals surface area contributed by atoms with Crippen molar-refractivity contribution in [1.82, 2.24) is 4.57 Å². The van der Waals surface area contributed by atoms with Crippen LogP contribution in [-0.4, -0.2) is 22.8 Å². The summed E-state index contributed by atoms with van der Waals surface area (Å²) in [6.07, 6.45) is 1.16. The molecule has 0 radical (unpaired) electrons. The Bertz CT molecular complexity index is 1000. The number of quaternary nitrogens is 1. The van der Waals surface area contributed by atoms with Gasteiger partial charge in [0.1, 0.15) is 18.9 Å². The Morgan fingerprint density at radius 2 is 2.07 bits per heavy atom. The Morgan fingerprint density at radius 3 is 2.85 bits per heavy atom. The summed E-state index contributed by atoms with van der Waals surface area (Å²) < 4.78 is 7.73. The lowest BCUT2D eigenvalue weighted by atomic mass is 9.81. The zero-order chi connectivity index (χ0) is 18.4. The number of furan rings is 1. The van der Waals surface area contributed by atoms with Gasteiger partial charge >= 0.3 is 0 Å². The highest BCUT2D eigenvalue weighted by Crippen LogP contribution is 2.38. The molecule has 3 aromatic heterocycles. The number of aromatic nitrogens is 1. The number of nitrogens with one attached hydrogen (secondary N) is 1.